The topological polar surface area (TPSA) is 284 Å². The normalized spacial score (nSPS) is 25.0. The van der Waals surface area contributed by atoms with Crippen molar-refractivity contribution in [3.63, 3.8) is 0 Å². The number of ketones is 3. The van der Waals surface area contributed by atoms with Gasteiger partial charge in [0.1, 0.15) is 51.9 Å². The number of carbonyl (C=O) groups excluding carboxylic acids is 8. The molecule has 5 amide bonds. The van der Waals surface area contributed by atoms with Gasteiger partial charge in [-0.15, -0.1) is 0 Å². The number of anilines is 2. The quantitative estimate of drug-likeness (QED) is 0.0390. The van der Waals surface area contributed by atoms with E-state index in [1.807, 2.05) is 26.8 Å². The summed E-state index contributed by atoms with van der Waals surface area (Å²) in [6.45, 7) is 10.7. The van der Waals surface area contributed by atoms with E-state index in [0.29, 0.717) is 53.6 Å². The Hall–Kier alpha value is -6.74. The molecule has 6 N–H and O–H groups in total. The summed E-state index contributed by atoms with van der Waals surface area (Å²) in [5, 5.41) is 20.9. The van der Waals surface area contributed by atoms with Crippen molar-refractivity contribution in [2.45, 2.75) is 160 Å². The lowest BCUT2D eigenvalue weighted by Gasteiger charge is -2.41. The van der Waals surface area contributed by atoms with Crippen molar-refractivity contribution in [1.29, 1.82) is 0 Å². The van der Waals surface area contributed by atoms with Crippen molar-refractivity contribution in [2.24, 2.45) is 23.5 Å². The smallest absolute Gasteiger partial charge is 0.412 e. The Bertz CT molecular complexity index is 2880. The van der Waals surface area contributed by atoms with Crippen molar-refractivity contribution >= 4 is 81.1 Å². The van der Waals surface area contributed by atoms with Gasteiger partial charge in [-0.1, -0.05) is 62.2 Å². The Morgan fingerprint density at radius 2 is 1.79 bits per heavy atom. The number of hydrogen-bond acceptors (Lipinski definition) is 15. The van der Waals surface area contributed by atoms with E-state index in [9.17, 15) is 43.5 Å². The van der Waals surface area contributed by atoms with Gasteiger partial charge in [-0.05, 0) is 100 Å². The van der Waals surface area contributed by atoms with Gasteiger partial charge in [-0.3, -0.25) is 34.3 Å². The number of epoxide rings is 1. The maximum Gasteiger partial charge on any atom is 0.412 e. The molecule has 1 aromatic heterocycles. The van der Waals surface area contributed by atoms with Crippen LogP contribution in [0.15, 0.2) is 66.4 Å². The number of nitrogens with one attached hydrogen (secondary N) is 3. The number of aliphatic hydroxyl groups is 1. The molecule has 21 heteroatoms. The molecule has 2 saturated heterocycles. The molecule has 0 spiro atoms. The summed E-state index contributed by atoms with van der Waals surface area (Å²) in [5.41, 5.74) is 5.43. The Morgan fingerprint density at radius 3 is 2.48 bits per heavy atom. The van der Waals surface area contributed by atoms with Crippen molar-refractivity contribution in [1.82, 2.24) is 15.6 Å². The molecule has 0 radical (unpaired) electrons. The maximum absolute atomic E-state index is 14.5. The zero-order valence-corrected chi connectivity index (χ0v) is 47.9. The Balaban J connectivity index is 1.26. The van der Waals surface area contributed by atoms with Crippen LogP contribution in [0.25, 0.3) is 10.9 Å². The molecule has 0 unspecified atom stereocenters. The van der Waals surface area contributed by atoms with E-state index >= 15 is 0 Å². The Morgan fingerprint density at radius 1 is 1.05 bits per heavy atom. The number of aromatic nitrogens is 1. The highest BCUT2D eigenvalue weighted by Crippen LogP contribution is 2.50. The number of fused-ring (bicyclic) bond motifs is 6. The van der Waals surface area contributed by atoms with Gasteiger partial charge in [-0.25, -0.2) is 9.59 Å². The van der Waals surface area contributed by atoms with Crippen molar-refractivity contribution in [3.8, 4) is 5.75 Å². The van der Waals surface area contributed by atoms with E-state index in [0.717, 1.165) is 11.1 Å². The first-order chi connectivity index (χ1) is 37.9. The van der Waals surface area contributed by atoms with Crippen LogP contribution in [0.5, 0.6) is 5.75 Å². The Labute approximate surface area is 472 Å². The summed E-state index contributed by atoms with van der Waals surface area (Å²) >= 11 is 6.87. The SMILES string of the molecule is COc1cc2cc(c1Cl)N(C)C(=O)C[C@H](OC(=O)Nc1ccc(CC(=O)[C@H](CCCNC(N)=O)NC(=O)[C@@H](CC(=O)CCCCC(C)=O)C(C)C)c3ncccc13)[C@]1(C)O[C@H]1[C@H](C)[C@@H]1C[C@@](O)(CC(=O)O1)[C@H](OC)/C=C/C=C(\C)C2. The van der Waals surface area contributed by atoms with E-state index in [4.69, 9.17) is 41.0 Å². The summed E-state index contributed by atoms with van der Waals surface area (Å²) in [7, 11) is 4.48. The third kappa shape index (κ3) is 16.0. The number of rotatable bonds is 21. The fraction of sp³-hybridized carbons (Fsp3) is 0.542. The summed E-state index contributed by atoms with van der Waals surface area (Å²) in [6.07, 6.45) is 3.73. The minimum atomic E-state index is -1.65. The molecule has 434 valence electrons. The minimum Gasteiger partial charge on any atom is -0.495 e. The van der Waals surface area contributed by atoms with Crippen molar-refractivity contribution in [3.05, 3.63) is 82.5 Å². The minimum absolute atomic E-state index is 0.00213. The number of methoxy groups -OCH3 is 2. The van der Waals surface area contributed by atoms with Crippen LogP contribution in [-0.2, 0) is 60.6 Å². The number of amides is 5. The van der Waals surface area contributed by atoms with E-state index < -0.39 is 89.8 Å². The van der Waals surface area contributed by atoms with Crippen LogP contribution >= 0.6 is 11.6 Å². The van der Waals surface area contributed by atoms with E-state index in [-0.39, 0.29) is 85.5 Å². The molecule has 80 heavy (non-hydrogen) atoms. The molecule has 9 atom stereocenters. The third-order valence-corrected chi connectivity index (χ3v) is 15.8. The first kappa shape index (κ1) is 62.5. The molecule has 3 aliphatic rings. The molecule has 0 saturated carbocycles. The highest BCUT2D eigenvalue weighted by atomic mass is 35.5. The zero-order chi connectivity index (χ0) is 58.6. The monoisotopic (exact) mass is 1130 g/mol. The summed E-state index contributed by atoms with van der Waals surface area (Å²) in [5.74, 6) is -3.26. The lowest BCUT2D eigenvalue weighted by atomic mass is 9.78. The van der Waals surface area contributed by atoms with Gasteiger partial charge in [0.15, 0.2) is 5.78 Å². The van der Waals surface area contributed by atoms with Gasteiger partial charge in [-0.2, -0.15) is 0 Å². The number of esters is 1. The first-order valence-electron chi connectivity index (χ1n) is 27.2. The molecule has 3 aromatic rings. The standard InChI is InChI=1S/C59H77ClN6O14/c1-33(2)41(29-39(68)17-11-10-16-35(4)67)55(72)64-43(19-14-24-63-56(61)73)45(69)28-38-21-22-42(40-18-13-23-62-53(38)40)65-57(74)79-49-30-50(70)66(7)44-26-37(27-46(76-8)52(44)60)25-34(3)15-12-20-48(77-9)59(75)31-47(78-51(71)32-59)36(5)54-58(49,6)80-54/h12-13,15,18,20-23,26-27,33,36,41,43,47-49,54,75H,10-11,14,16-17,19,24-25,28-32H2,1-9H3,(H,64,72)(H,65,74)(H3,61,63,73)/b20-12+,34-15+/t36-,41+,43+,47+,48-,49+,54+,58+,59-/m1/s1. The maximum atomic E-state index is 14.5. The second kappa shape index (κ2) is 27.6. The lowest BCUT2D eigenvalue weighted by Crippen LogP contribution is -2.53. The molecule has 3 aliphatic heterocycles. The second-order valence-corrected chi connectivity index (χ2v) is 22.3. The van der Waals surface area contributed by atoms with Gasteiger partial charge in [0.25, 0.3) is 0 Å². The number of Topliss-reactive ketones (excluding diaryl/α,β-unsaturated/α-hetero) is 3. The molecule has 2 aromatic carbocycles. The molecular weight excluding hydrogens is 1050 g/mol. The van der Waals surface area contributed by atoms with Crippen LogP contribution in [-0.4, -0.2) is 127 Å². The fourth-order valence-electron chi connectivity index (χ4n) is 10.7. The highest BCUT2D eigenvalue weighted by Gasteiger charge is 2.64. The van der Waals surface area contributed by atoms with Crippen LogP contribution in [0.3, 0.4) is 0 Å². The average Bonchev–Trinajstić information content (AvgIpc) is 4.10. The molecule has 4 heterocycles. The van der Waals surface area contributed by atoms with Gasteiger partial charge in [0.05, 0.1) is 49.0 Å². The third-order valence-electron chi connectivity index (χ3n) is 15.4. The number of urea groups is 1. The number of unbranched alkanes of at least 4 members (excludes halogenated alkanes) is 1. The largest absolute Gasteiger partial charge is 0.495 e. The van der Waals surface area contributed by atoms with Crippen LogP contribution in [0.4, 0.5) is 21.0 Å². The van der Waals surface area contributed by atoms with Crippen LogP contribution in [0.2, 0.25) is 5.02 Å². The van der Waals surface area contributed by atoms with Gasteiger partial charge < -0.3 is 54.9 Å². The van der Waals surface area contributed by atoms with Gasteiger partial charge in [0, 0.05) is 76.2 Å². The molecule has 0 aliphatic carbocycles. The predicted molar refractivity (Wildman–Crippen MR) is 300 cm³/mol. The molecule has 20 nitrogen and oxygen atoms in total. The van der Waals surface area contributed by atoms with Gasteiger partial charge in [0.2, 0.25) is 11.8 Å². The van der Waals surface area contributed by atoms with E-state index in [1.165, 1.54) is 32.2 Å². The summed E-state index contributed by atoms with van der Waals surface area (Å²) in [6, 6.07) is 8.35. The number of halogens is 1. The predicted octanol–water partition coefficient (Wildman–Crippen LogP) is 7.60. The number of allylic oxidation sites excluding steroid dienone is 3. The summed E-state index contributed by atoms with van der Waals surface area (Å²) < 4.78 is 29.8. The van der Waals surface area contributed by atoms with Crippen LogP contribution in [0.1, 0.15) is 117 Å². The fourth-order valence-corrected chi connectivity index (χ4v) is 11.0. The number of ether oxygens (including phenoxy) is 5. The number of carbonyl (C=O) groups is 8. The number of nitrogens with zero attached hydrogens (tertiary/aromatic N) is 2. The average molecular weight is 1130 g/mol. The van der Waals surface area contributed by atoms with E-state index in [2.05, 4.69) is 20.9 Å². The number of hydrogen-bond donors (Lipinski definition) is 5. The molecule has 2 fully saturated rings. The molecular formula is C59H77ClN6O14. The lowest BCUT2D eigenvalue weighted by molar-refractivity contribution is -0.187. The highest BCUT2D eigenvalue weighted by molar-refractivity contribution is 6.35. The number of nitrogens with two attached hydrogens (primary N) is 1. The van der Waals surface area contributed by atoms with Gasteiger partial charge >= 0.3 is 18.1 Å². The number of primary amides is 1. The molecule has 6 rings (SSSR count). The van der Waals surface area contributed by atoms with Crippen LogP contribution < -0.4 is 31.3 Å². The Kier molecular flexibility index (Phi) is 21.6. The van der Waals surface area contributed by atoms with Crippen molar-refractivity contribution < 1.29 is 67.1 Å². The zero-order valence-electron chi connectivity index (χ0n) is 47.2. The summed E-state index contributed by atoms with van der Waals surface area (Å²) in [4.78, 5) is 112. The van der Waals surface area contributed by atoms with E-state index in [1.54, 1.807) is 69.4 Å². The van der Waals surface area contributed by atoms with Crippen LogP contribution in [0, 0.1) is 17.8 Å². The molecule has 4 bridgehead atoms. The first-order valence-corrected chi connectivity index (χ1v) is 27.6. The van der Waals surface area contributed by atoms with Crippen molar-refractivity contribution in [2.75, 3.05) is 38.0 Å². The number of benzene rings is 2. The second-order valence-electron chi connectivity index (χ2n) is 21.9. The number of pyridine rings is 1.